The van der Waals surface area contributed by atoms with E-state index < -0.39 is 0 Å². The highest BCUT2D eigenvalue weighted by Crippen LogP contribution is 2.30. The molecule has 1 heterocycles. The van der Waals surface area contributed by atoms with Gasteiger partial charge in [-0.2, -0.15) is 0 Å². The first-order chi connectivity index (χ1) is 9.20. The van der Waals surface area contributed by atoms with Gasteiger partial charge in [0.05, 0.1) is 10.2 Å². The highest BCUT2D eigenvalue weighted by atomic mass is 32.1. The molecular formula is C15H19FN2S. The Hall–Kier alpha value is -1.16. The van der Waals surface area contributed by atoms with Crippen molar-refractivity contribution in [1.29, 1.82) is 0 Å². The molecule has 0 amide bonds. The van der Waals surface area contributed by atoms with Crippen LogP contribution in [0.1, 0.15) is 32.6 Å². The molecule has 2 unspecified atom stereocenters. The molecule has 4 heteroatoms. The summed E-state index contributed by atoms with van der Waals surface area (Å²) in [6.07, 6.45) is 5.35. The third-order valence-electron chi connectivity index (χ3n) is 3.94. The van der Waals surface area contributed by atoms with E-state index in [1.807, 2.05) is 0 Å². The van der Waals surface area contributed by atoms with Gasteiger partial charge in [0.25, 0.3) is 0 Å². The van der Waals surface area contributed by atoms with Crippen LogP contribution < -0.4 is 5.32 Å². The van der Waals surface area contributed by atoms with E-state index in [1.54, 1.807) is 12.1 Å². The van der Waals surface area contributed by atoms with E-state index in [2.05, 4.69) is 17.2 Å². The molecule has 1 saturated carbocycles. The molecule has 1 N–H and O–H groups in total. The van der Waals surface area contributed by atoms with Gasteiger partial charge in [0.15, 0.2) is 5.13 Å². The van der Waals surface area contributed by atoms with E-state index in [-0.39, 0.29) is 5.82 Å². The predicted octanol–water partition coefficient (Wildman–Crippen LogP) is 4.67. The number of aromatic nitrogens is 1. The van der Waals surface area contributed by atoms with Crippen molar-refractivity contribution < 1.29 is 4.39 Å². The fourth-order valence-electron chi connectivity index (χ4n) is 2.95. The Bertz CT molecular complexity index is 566. The molecule has 102 valence electrons. The Morgan fingerprint density at radius 3 is 3.16 bits per heavy atom. The second kappa shape index (κ2) is 5.45. The van der Waals surface area contributed by atoms with Crippen LogP contribution in [0.5, 0.6) is 0 Å². The van der Waals surface area contributed by atoms with E-state index in [9.17, 15) is 4.39 Å². The van der Waals surface area contributed by atoms with Crippen LogP contribution in [-0.4, -0.2) is 11.5 Å². The lowest BCUT2D eigenvalue weighted by atomic mass is 9.82. The normalized spacial score (nSPS) is 23.7. The number of benzene rings is 1. The number of nitrogens with zero attached hydrogens (tertiary/aromatic N) is 1. The van der Waals surface area contributed by atoms with E-state index in [0.29, 0.717) is 0 Å². The van der Waals surface area contributed by atoms with Crippen LogP contribution in [0.25, 0.3) is 10.2 Å². The van der Waals surface area contributed by atoms with Crippen LogP contribution >= 0.6 is 11.3 Å². The van der Waals surface area contributed by atoms with Crippen molar-refractivity contribution >= 4 is 26.7 Å². The Balaban J connectivity index is 1.65. The molecule has 2 nitrogen and oxygen atoms in total. The second-order valence-corrected chi connectivity index (χ2v) is 6.68. The minimum atomic E-state index is -0.191. The average molecular weight is 278 g/mol. The van der Waals surface area contributed by atoms with E-state index in [0.717, 1.165) is 33.7 Å². The standard InChI is InChI=1S/C15H19FN2S/c1-10-3-2-4-11(7-10)9-17-15-18-13-6-5-12(16)8-14(13)19-15/h5-6,8,10-11H,2-4,7,9H2,1H3,(H,17,18). The third-order valence-corrected chi connectivity index (χ3v) is 4.91. The molecule has 1 aromatic heterocycles. The van der Waals surface area contributed by atoms with E-state index >= 15 is 0 Å². The zero-order chi connectivity index (χ0) is 13.2. The fraction of sp³-hybridized carbons (Fsp3) is 0.533. The summed E-state index contributed by atoms with van der Waals surface area (Å²) in [4.78, 5) is 4.50. The summed E-state index contributed by atoms with van der Waals surface area (Å²) in [7, 11) is 0. The first-order valence-corrected chi connectivity index (χ1v) is 7.82. The van der Waals surface area contributed by atoms with Crippen LogP contribution in [0.2, 0.25) is 0 Å². The summed E-state index contributed by atoms with van der Waals surface area (Å²) in [5.74, 6) is 1.42. The lowest BCUT2D eigenvalue weighted by Crippen LogP contribution is -2.20. The first-order valence-electron chi connectivity index (χ1n) is 7.00. The number of fused-ring (bicyclic) bond motifs is 1. The van der Waals surface area contributed by atoms with Crippen LogP contribution in [0.3, 0.4) is 0 Å². The van der Waals surface area contributed by atoms with E-state index in [4.69, 9.17) is 0 Å². The summed E-state index contributed by atoms with van der Waals surface area (Å²) < 4.78 is 14.0. The van der Waals surface area contributed by atoms with Crippen molar-refractivity contribution in [3.63, 3.8) is 0 Å². The number of halogens is 1. The maximum atomic E-state index is 13.1. The van der Waals surface area contributed by atoms with Gasteiger partial charge in [-0.1, -0.05) is 31.1 Å². The maximum absolute atomic E-state index is 13.1. The zero-order valence-electron chi connectivity index (χ0n) is 11.2. The number of hydrogen-bond donors (Lipinski definition) is 1. The zero-order valence-corrected chi connectivity index (χ0v) is 12.0. The average Bonchev–Trinajstić information content (AvgIpc) is 2.78. The molecule has 1 aliphatic carbocycles. The van der Waals surface area contributed by atoms with Crippen molar-refractivity contribution in [2.24, 2.45) is 11.8 Å². The van der Waals surface area contributed by atoms with Gasteiger partial charge >= 0.3 is 0 Å². The molecule has 0 spiro atoms. The largest absolute Gasteiger partial charge is 0.361 e. The highest BCUT2D eigenvalue weighted by Gasteiger charge is 2.18. The quantitative estimate of drug-likeness (QED) is 0.882. The van der Waals surface area contributed by atoms with Crippen LogP contribution in [0, 0.1) is 17.7 Å². The highest BCUT2D eigenvalue weighted by molar-refractivity contribution is 7.22. The Morgan fingerprint density at radius 2 is 2.32 bits per heavy atom. The van der Waals surface area contributed by atoms with Crippen LogP contribution in [-0.2, 0) is 0 Å². The van der Waals surface area contributed by atoms with Crippen molar-refractivity contribution in [2.45, 2.75) is 32.6 Å². The molecule has 1 aromatic carbocycles. The summed E-state index contributed by atoms with van der Waals surface area (Å²) in [6.45, 7) is 3.33. The second-order valence-electron chi connectivity index (χ2n) is 5.65. The number of nitrogens with one attached hydrogen (secondary N) is 1. The van der Waals surface area contributed by atoms with Gasteiger partial charge in [0, 0.05) is 6.54 Å². The Kier molecular flexibility index (Phi) is 3.69. The molecule has 3 rings (SSSR count). The van der Waals surface area contributed by atoms with Crippen molar-refractivity contribution in [3.05, 3.63) is 24.0 Å². The molecular weight excluding hydrogens is 259 g/mol. The number of thiazole rings is 1. The fourth-order valence-corrected chi connectivity index (χ4v) is 3.85. The Morgan fingerprint density at radius 1 is 1.42 bits per heavy atom. The Labute approximate surface area is 117 Å². The van der Waals surface area contributed by atoms with Gasteiger partial charge in [-0.25, -0.2) is 9.37 Å². The minimum Gasteiger partial charge on any atom is -0.361 e. The van der Waals surface area contributed by atoms with Gasteiger partial charge in [-0.05, 0) is 42.9 Å². The number of hydrogen-bond acceptors (Lipinski definition) is 3. The summed E-state index contributed by atoms with van der Waals surface area (Å²) in [6, 6.07) is 4.77. The van der Waals surface area contributed by atoms with Crippen LogP contribution in [0.4, 0.5) is 9.52 Å². The molecule has 1 fully saturated rings. The smallest absolute Gasteiger partial charge is 0.183 e. The van der Waals surface area contributed by atoms with Gasteiger partial charge < -0.3 is 5.32 Å². The minimum absolute atomic E-state index is 0.191. The van der Waals surface area contributed by atoms with E-state index in [1.165, 1.54) is 43.1 Å². The maximum Gasteiger partial charge on any atom is 0.183 e. The monoisotopic (exact) mass is 278 g/mol. The predicted molar refractivity (Wildman–Crippen MR) is 79.2 cm³/mol. The third kappa shape index (κ3) is 3.06. The summed E-state index contributed by atoms with van der Waals surface area (Å²) in [5, 5.41) is 4.34. The molecule has 2 aromatic rings. The SMILES string of the molecule is CC1CCCC(CNc2nc3ccc(F)cc3s2)C1. The van der Waals surface area contributed by atoms with Gasteiger partial charge in [0.1, 0.15) is 5.82 Å². The molecule has 0 bridgehead atoms. The molecule has 0 radical (unpaired) electrons. The molecule has 19 heavy (non-hydrogen) atoms. The molecule has 0 aliphatic heterocycles. The first kappa shape index (κ1) is 12.9. The molecule has 0 saturated heterocycles. The molecule has 1 aliphatic rings. The lowest BCUT2D eigenvalue weighted by Gasteiger charge is -2.26. The lowest BCUT2D eigenvalue weighted by molar-refractivity contribution is 0.293. The van der Waals surface area contributed by atoms with Crippen LogP contribution in [0.15, 0.2) is 18.2 Å². The summed E-state index contributed by atoms with van der Waals surface area (Å²) >= 11 is 1.54. The van der Waals surface area contributed by atoms with Gasteiger partial charge in [0.2, 0.25) is 0 Å². The van der Waals surface area contributed by atoms with Crippen molar-refractivity contribution in [1.82, 2.24) is 4.98 Å². The van der Waals surface area contributed by atoms with Crippen molar-refractivity contribution in [3.8, 4) is 0 Å². The molecule has 2 atom stereocenters. The van der Waals surface area contributed by atoms with Gasteiger partial charge in [-0.3, -0.25) is 0 Å². The van der Waals surface area contributed by atoms with Crippen molar-refractivity contribution in [2.75, 3.05) is 11.9 Å². The van der Waals surface area contributed by atoms with Gasteiger partial charge in [-0.15, -0.1) is 0 Å². The number of rotatable bonds is 3. The summed E-state index contributed by atoms with van der Waals surface area (Å²) in [5.41, 5.74) is 0.880. The topological polar surface area (TPSA) is 24.9 Å². The number of anilines is 1.